The lowest BCUT2D eigenvalue weighted by atomic mass is 9.66. The van der Waals surface area contributed by atoms with Crippen LogP contribution in [-0.2, 0) is 0 Å². The Morgan fingerprint density at radius 2 is 2.00 bits per heavy atom. The van der Waals surface area contributed by atoms with E-state index in [-0.39, 0.29) is 0 Å². The summed E-state index contributed by atoms with van der Waals surface area (Å²) in [5.74, 6) is 2.74. The molecule has 0 spiro atoms. The maximum Gasteiger partial charge on any atom is 0.00720 e. The zero-order valence-corrected chi connectivity index (χ0v) is 13.3. The molecule has 0 nitrogen and oxygen atoms in total. The van der Waals surface area contributed by atoms with Crippen LogP contribution < -0.4 is 0 Å². The molecule has 2 rings (SSSR count). The maximum atomic E-state index is 4.22. The van der Waals surface area contributed by atoms with Crippen LogP contribution in [0.15, 0.2) is 47.4 Å². The van der Waals surface area contributed by atoms with E-state index >= 15 is 0 Å². The highest BCUT2D eigenvalue weighted by molar-refractivity contribution is 7.99. The normalized spacial score (nSPS) is 26.1. The van der Waals surface area contributed by atoms with Gasteiger partial charge in [-0.1, -0.05) is 44.2 Å². The summed E-state index contributed by atoms with van der Waals surface area (Å²) in [7, 11) is 0. The molecular weight excluding hydrogens is 248 g/mol. The molecule has 19 heavy (non-hydrogen) atoms. The van der Waals surface area contributed by atoms with E-state index in [9.17, 15) is 0 Å². The summed E-state index contributed by atoms with van der Waals surface area (Å²) in [6.07, 6.45) is 4.00. The fourth-order valence-electron chi connectivity index (χ4n) is 3.28. The summed E-state index contributed by atoms with van der Waals surface area (Å²) in [6.45, 7) is 11.3. The number of hydrogen-bond donors (Lipinski definition) is 0. The molecule has 0 unspecified atom stereocenters. The van der Waals surface area contributed by atoms with Gasteiger partial charge in [0, 0.05) is 10.6 Å². The minimum Gasteiger partial charge on any atom is -0.126 e. The summed E-state index contributed by atoms with van der Waals surface area (Å²) in [5.41, 5.74) is 1.89. The molecule has 1 aliphatic carbocycles. The summed E-state index contributed by atoms with van der Waals surface area (Å²) in [4.78, 5) is 1.39. The van der Waals surface area contributed by atoms with Crippen molar-refractivity contribution in [2.75, 3.05) is 5.75 Å². The molecule has 0 heterocycles. The number of allylic oxidation sites excluding steroid dienone is 1. The van der Waals surface area contributed by atoms with Crippen LogP contribution in [0.1, 0.15) is 40.0 Å². The van der Waals surface area contributed by atoms with Crippen molar-refractivity contribution in [1.29, 1.82) is 0 Å². The van der Waals surface area contributed by atoms with Gasteiger partial charge in [0.15, 0.2) is 0 Å². The summed E-state index contributed by atoms with van der Waals surface area (Å²) in [6, 6.07) is 10.8. The van der Waals surface area contributed by atoms with E-state index in [4.69, 9.17) is 0 Å². The lowest BCUT2D eigenvalue weighted by Gasteiger charge is -2.41. The van der Waals surface area contributed by atoms with E-state index < -0.39 is 0 Å². The predicted molar refractivity (Wildman–Crippen MR) is 86.6 cm³/mol. The Morgan fingerprint density at radius 1 is 1.32 bits per heavy atom. The molecule has 0 amide bonds. The van der Waals surface area contributed by atoms with E-state index in [2.05, 4.69) is 57.7 Å². The Morgan fingerprint density at radius 3 is 2.63 bits per heavy atom. The van der Waals surface area contributed by atoms with Crippen molar-refractivity contribution >= 4 is 11.8 Å². The van der Waals surface area contributed by atoms with Gasteiger partial charge in [0.25, 0.3) is 0 Å². The van der Waals surface area contributed by atoms with Gasteiger partial charge in [-0.05, 0) is 55.6 Å². The molecule has 1 saturated carbocycles. The van der Waals surface area contributed by atoms with Gasteiger partial charge in [-0.3, -0.25) is 0 Å². The first-order valence-corrected chi connectivity index (χ1v) is 8.30. The fourth-order valence-corrected chi connectivity index (χ4v) is 4.39. The van der Waals surface area contributed by atoms with E-state index in [1.807, 2.05) is 11.8 Å². The molecular formula is C18H26S. The second kappa shape index (κ2) is 6.17. The largest absolute Gasteiger partial charge is 0.126 e. The number of thioether (sulfide) groups is 1. The van der Waals surface area contributed by atoms with Crippen molar-refractivity contribution in [2.24, 2.45) is 17.3 Å². The highest BCUT2D eigenvalue weighted by atomic mass is 32.2. The zero-order valence-electron chi connectivity index (χ0n) is 12.5. The quantitative estimate of drug-likeness (QED) is 0.494. The summed E-state index contributed by atoms with van der Waals surface area (Å²) >= 11 is 2.01. The summed E-state index contributed by atoms with van der Waals surface area (Å²) in [5, 5.41) is 0. The summed E-state index contributed by atoms with van der Waals surface area (Å²) < 4.78 is 0. The van der Waals surface area contributed by atoms with Crippen LogP contribution in [-0.4, -0.2) is 5.75 Å². The molecule has 0 aliphatic heterocycles. The third kappa shape index (κ3) is 4.14. The number of benzene rings is 1. The van der Waals surface area contributed by atoms with E-state index in [1.165, 1.54) is 35.5 Å². The second-order valence-electron chi connectivity index (χ2n) is 6.74. The first kappa shape index (κ1) is 14.7. The Kier molecular flexibility index (Phi) is 4.78. The van der Waals surface area contributed by atoms with Crippen LogP contribution in [0.3, 0.4) is 0 Å². The van der Waals surface area contributed by atoms with E-state index in [0.717, 1.165) is 11.8 Å². The second-order valence-corrected chi connectivity index (χ2v) is 7.84. The van der Waals surface area contributed by atoms with Crippen molar-refractivity contribution in [3.63, 3.8) is 0 Å². The number of hydrogen-bond acceptors (Lipinski definition) is 1. The van der Waals surface area contributed by atoms with Crippen molar-refractivity contribution < 1.29 is 0 Å². The molecule has 1 heteroatoms. The van der Waals surface area contributed by atoms with Crippen molar-refractivity contribution in [1.82, 2.24) is 0 Å². The molecule has 0 bridgehead atoms. The topological polar surface area (TPSA) is 0 Å². The van der Waals surface area contributed by atoms with Crippen LogP contribution in [0.2, 0.25) is 0 Å². The molecule has 1 aromatic carbocycles. The van der Waals surface area contributed by atoms with E-state index in [0.29, 0.717) is 5.41 Å². The van der Waals surface area contributed by atoms with Gasteiger partial charge >= 0.3 is 0 Å². The zero-order chi connectivity index (χ0) is 13.9. The minimum atomic E-state index is 0.508. The average molecular weight is 274 g/mol. The Bertz CT molecular complexity index is 419. The van der Waals surface area contributed by atoms with Crippen LogP contribution in [0, 0.1) is 17.3 Å². The molecule has 104 valence electrons. The van der Waals surface area contributed by atoms with Gasteiger partial charge in [-0.2, -0.15) is 0 Å². The lowest BCUT2D eigenvalue weighted by Crippen LogP contribution is -2.31. The van der Waals surface area contributed by atoms with Gasteiger partial charge in [-0.25, -0.2) is 0 Å². The molecule has 2 atom stereocenters. The SMILES string of the molecule is C=C(C)[C@H]1CCC(C)(C)C[C@@H]1CSc1ccccc1. The molecule has 0 N–H and O–H groups in total. The van der Waals surface area contributed by atoms with Crippen molar-refractivity contribution in [3.8, 4) is 0 Å². The van der Waals surface area contributed by atoms with Gasteiger partial charge in [0.2, 0.25) is 0 Å². The van der Waals surface area contributed by atoms with Gasteiger partial charge in [0.05, 0.1) is 0 Å². The standard InChI is InChI=1S/C18H26S/c1-14(2)17-10-11-18(3,4)12-15(17)13-19-16-8-6-5-7-9-16/h5-9,15,17H,1,10-13H2,2-4H3/t15-,17-/m1/s1. The smallest absolute Gasteiger partial charge is 0.00720 e. The van der Waals surface area contributed by atoms with Gasteiger partial charge in [0.1, 0.15) is 0 Å². The molecule has 0 radical (unpaired) electrons. The third-order valence-electron chi connectivity index (χ3n) is 4.36. The Hall–Kier alpha value is -0.690. The minimum absolute atomic E-state index is 0.508. The molecule has 1 aliphatic rings. The first-order chi connectivity index (χ1) is 8.98. The lowest BCUT2D eigenvalue weighted by molar-refractivity contribution is 0.151. The van der Waals surface area contributed by atoms with Gasteiger partial charge < -0.3 is 0 Å². The van der Waals surface area contributed by atoms with Crippen LogP contribution >= 0.6 is 11.8 Å². The number of rotatable bonds is 4. The first-order valence-electron chi connectivity index (χ1n) is 7.31. The molecule has 1 aromatic rings. The van der Waals surface area contributed by atoms with Crippen LogP contribution in [0.5, 0.6) is 0 Å². The molecule has 0 saturated heterocycles. The highest BCUT2D eigenvalue weighted by Crippen LogP contribution is 2.45. The Balaban J connectivity index is 2.00. The fraction of sp³-hybridized carbons (Fsp3) is 0.556. The van der Waals surface area contributed by atoms with Crippen molar-refractivity contribution in [3.05, 3.63) is 42.5 Å². The molecule has 0 aromatic heterocycles. The monoisotopic (exact) mass is 274 g/mol. The van der Waals surface area contributed by atoms with E-state index in [1.54, 1.807) is 0 Å². The maximum absolute atomic E-state index is 4.22. The van der Waals surface area contributed by atoms with Crippen LogP contribution in [0.25, 0.3) is 0 Å². The Labute approximate surface area is 122 Å². The average Bonchev–Trinajstić information content (AvgIpc) is 2.36. The molecule has 1 fully saturated rings. The van der Waals surface area contributed by atoms with Crippen LogP contribution in [0.4, 0.5) is 0 Å². The third-order valence-corrected chi connectivity index (χ3v) is 5.56. The highest BCUT2D eigenvalue weighted by Gasteiger charge is 2.34. The van der Waals surface area contributed by atoms with Gasteiger partial charge in [-0.15, -0.1) is 11.8 Å². The predicted octanol–water partition coefficient (Wildman–Crippen LogP) is 5.80. The van der Waals surface area contributed by atoms with Crippen molar-refractivity contribution in [2.45, 2.75) is 44.9 Å².